The molecular weight excluding hydrogens is 237 g/mol. The molecule has 0 radical (unpaired) electrons. The highest BCUT2D eigenvalue weighted by Crippen LogP contribution is 2.18. The van der Waals surface area contributed by atoms with E-state index < -0.39 is 0 Å². The molecule has 0 aliphatic carbocycles. The standard InChI is InChI=1S/C13H9FNOS/c14-10-5-1-3-7-12(10)16-15-9-17-13-8-4-2-6-11(13)15/h1-9H/q+1. The Balaban J connectivity index is 2.03. The molecule has 0 aliphatic rings. The molecule has 0 amide bonds. The first-order valence-electron chi connectivity index (χ1n) is 5.15. The summed E-state index contributed by atoms with van der Waals surface area (Å²) in [4.78, 5) is 5.51. The van der Waals surface area contributed by atoms with Gasteiger partial charge in [-0.05, 0) is 18.2 Å². The van der Waals surface area contributed by atoms with E-state index in [-0.39, 0.29) is 11.6 Å². The summed E-state index contributed by atoms with van der Waals surface area (Å²) in [5.41, 5.74) is 2.75. The third-order valence-electron chi connectivity index (χ3n) is 2.41. The van der Waals surface area contributed by atoms with Crippen LogP contribution in [0.15, 0.2) is 54.0 Å². The van der Waals surface area contributed by atoms with Gasteiger partial charge in [0.2, 0.25) is 5.75 Å². The Bertz CT molecular complexity index is 665. The molecule has 17 heavy (non-hydrogen) atoms. The van der Waals surface area contributed by atoms with Crippen LogP contribution < -0.4 is 9.57 Å². The van der Waals surface area contributed by atoms with E-state index in [0.717, 1.165) is 10.2 Å². The molecule has 4 heteroatoms. The summed E-state index contributed by atoms with van der Waals surface area (Å²) in [5, 5.41) is 0. The van der Waals surface area contributed by atoms with Crippen LogP contribution in [-0.2, 0) is 0 Å². The fourth-order valence-corrected chi connectivity index (χ4v) is 2.40. The van der Waals surface area contributed by atoms with Crippen molar-refractivity contribution in [2.75, 3.05) is 0 Å². The molecule has 0 N–H and O–H groups in total. The van der Waals surface area contributed by atoms with Crippen molar-refractivity contribution < 1.29 is 14.0 Å². The van der Waals surface area contributed by atoms with Crippen molar-refractivity contribution >= 4 is 21.6 Å². The summed E-state index contributed by atoms with van der Waals surface area (Å²) >= 11 is 1.55. The van der Waals surface area contributed by atoms with E-state index in [1.54, 1.807) is 34.3 Å². The second-order valence-corrected chi connectivity index (χ2v) is 4.42. The number of hydrogen-bond acceptors (Lipinski definition) is 2. The average Bonchev–Trinajstić information content (AvgIpc) is 2.76. The Morgan fingerprint density at radius 3 is 2.65 bits per heavy atom. The summed E-state index contributed by atoms with van der Waals surface area (Å²) in [6, 6.07) is 14.2. The van der Waals surface area contributed by atoms with Gasteiger partial charge in [0.05, 0.1) is 0 Å². The zero-order valence-corrected chi connectivity index (χ0v) is 9.65. The minimum absolute atomic E-state index is 0.223. The largest absolute Gasteiger partial charge is 0.278 e. The van der Waals surface area contributed by atoms with E-state index in [1.807, 2.05) is 29.8 Å². The van der Waals surface area contributed by atoms with Gasteiger partial charge in [0.15, 0.2) is 5.82 Å². The fourth-order valence-electron chi connectivity index (χ4n) is 1.60. The van der Waals surface area contributed by atoms with E-state index in [1.165, 1.54) is 6.07 Å². The van der Waals surface area contributed by atoms with E-state index in [4.69, 9.17) is 4.84 Å². The molecule has 0 saturated heterocycles. The van der Waals surface area contributed by atoms with Gasteiger partial charge in [0, 0.05) is 10.8 Å². The quantitative estimate of drug-likeness (QED) is 0.633. The van der Waals surface area contributed by atoms with Crippen LogP contribution in [-0.4, -0.2) is 0 Å². The van der Waals surface area contributed by atoms with E-state index >= 15 is 0 Å². The number of rotatable bonds is 2. The lowest BCUT2D eigenvalue weighted by Crippen LogP contribution is -2.37. The van der Waals surface area contributed by atoms with Gasteiger partial charge in [-0.3, -0.25) is 0 Å². The summed E-state index contributed by atoms with van der Waals surface area (Å²) in [7, 11) is 0. The molecule has 0 bridgehead atoms. The molecule has 0 saturated carbocycles. The number of hydrogen-bond donors (Lipinski definition) is 0. The minimum atomic E-state index is -0.365. The van der Waals surface area contributed by atoms with Crippen molar-refractivity contribution in [3.8, 4) is 5.75 Å². The molecule has 0 aliphatic heterocycles. The van der Waals surface area contributed by atoms with Crippen LogP contribution in [0.2, 0.25) is 0 Å². The van der Waals surface area contributed by atoms with Crippen molar-refractivity contribution in [3.05, 3.63) is 59.9 Å². The summed E-state index contributed by atoms with van der Waals surface area (Å²) in [5.74, 6) is -0.142. The fraction of sp³-hybridized carbons (Fsp3) is 0. The second kappa shape index (κ2) is 4.14. The molecule has 1 heterocycles. The van der Waals surface area contributed by atoms with Crippen LogP contribution in [0.1, 0.15) is 0 Å². The molecule has 0 fully saturated rings. The van der Waals surface area contributed by atoms with Gasteiger partial charge in [0.1, 0.15) is 4.70 Å². The zero-order chi connectivity index (χ0) is 11.7. The highest BCUT2D eigenvalue weighted by atomic mass is 32.1. The van der Waals surface area contributed by atoms with Crippen molar-refractivity contribution in [2.24, 2.45) is 0 Å². The topological polar surface area (TPSA) is 13.1 Å². The maximum Gasteiger partial charge on any atom is 0.278 e. The SMILES string of the molecule is Fc1ccccc1O[n+]1csc2ccccc21. The third kappa shape index (κ3) is 1.87. The molecule has 3 rings (SSSR count). The predicted molar refractivity (Wildman–Crippen MR) is 64.4 cm³/mol. The van der Waals surface area contributed by atoms with Crippen molar-refractivity contribution in [2.45, 2.75) is 0 Å². The molecular formula is C13H9FNOS+. The molecule has 3 aromatic rings. The zero-order valence-electron chi connectivity index (χ0n) is 8.84. The number of fused-ring (bicyclic) bond motifs is 1. The van der Waals surface area contributed by atoms with Crippen LogP contribution in [0, 0.1) is 5.82 Å². The highest BCUT2D eigenvalue weighted by Gasteiger charge is 2.15. The Kier molecular flexibility index (Phi) is 2.49. The summed E-state index contributed by atoms with van der Waals surface area (Å²) in [6.07, 6.45) is 0. The Labute approximate surface area is 101 Å². The summed E-state index contributed by atoms with van der Waals surface area (Å²) in [6.45, 7) is 0. The van der Waals surface area contributed by atoms with Crippen LogP contribution in [0.5, 0.6) is 5.75 Å². The van der Waals surface area contributed by atoms with Gasteiger partial charge < -0.3 is 0 Å². The van der Waals surface area contributed by atoms with Crippen LogP contribution in [0.25, 0.3) is 10.2 Å². The highest BCUT2D eigenvalue weighted by molar-refractivity contribution is 7.16. The third-order valence-corrected chi connectivity index (χ3v) is 3.31. The van der Waals surface area contributed by atoms with Crippen LogP contribution in [0.3, 0.4) is 0 Å². The van der Waals surface area contributed by atoms with Crippen molar-refractivity contribution in [1.82, 2.24) is 0 Å². The number of nitrogens with zero attached hydrogens (tertiary/aromatic N) is 1. The monoisotopic (exact) mass is 246 g/mol. The van der Waals surface area contributed by atoms with Gasteiger partial charge in [-0.1, -0.05) is 35.6 Å². The smallest absolute Gasteiger partial charge is 0.227 e. The van der Waals surface area contributed by atoms with Gasteiger partial charge >= 0.3 is 0 Å². The molecule has 0 atom stereocenters. The normalized spacial score (nSPS) is 10.6. The first-order valence-corrected chi connectivity index (χ1v) is 6.03. The maximum absolute atomic E-state index is 13.4. The molecule has 2 aromatic carbocycles. The number of benzene rings is 2. The number of halogens is 1. The van der Waals surface area contributed by atoms with Crippen molar-refractivity contribution in [1.29, 1.82) is 0 Å². The van der Waals surface area contributed by atoms with Crippen LogP contribution in [0.4, 0.5) is 4.39 Å². The minimum Gasteiger partial charge on any atom is -0.227 e. The van der Waals surface area contributed by atoms with E-state index in [2.05, 4.69) is 0 Å². The summed E-state index contributed by atoms with van der Waals surface area (Å²) < 4.78 is 16.1. The predicted octanol–water partition coefficient (Wildman–Crippen LogP) is 3.17. The van der Waals surface area contributed by atoms with Gasteiger partial charge in [-0.2, -0.15) is 0 Å². The average molecular weight is 246 g/mol. The lowest BCUT2D eigenvalue weighted by atomic mass is 10.3. The Hall–Kier alpha value is -1.94. The van der Waals surface area contributed by atoms with Crippen LogP contribution >= 0.6 is 11.3 Å². The molecule has 84 valence electrons. The number of aromatic nitrogens is 1. The van der Waals surface area contributed by atoms with E-state index in [9.17, 15) is 4.39 Å². The Morgan fingerprint density at radius 1 is 1.00 bits per heavy atom. The molecule has 0 spiro atoms. The lowest BCUT2D eigenvalue weighted by molar-refractivity contribution is -0.851. The number of thiazole rings is 1. The van der Waals surface area contributed by atoms with Gasteiger partial charge in [-0.25, -0.2) is 9.23 Å². The second-order valence-electron chi connectivity index (χ2n) is 3.54. The van der Waals surface area contributed by atoms with E-state index in [0.29, 0.717) is 0 Å². The van der Waals surface area contributed by atoms with Gasteiger partial charge in [0.25, 0.3) is 11.0 Å². The molecule has 1 aromatic heterocycles. The number of para-hydroxylation sites is 2. The Morgan fingerprint density at radius 2 is 1.76 bits per heavy atom. The van der Waals surface area contributed by atoms with Gasteiger partial charge in [-0.15, -0.1) is 0 Å². The lowest BCUT2D eigenvalue weighted by Gasteiger charge is -1.97. The molecule has 0 unspecified atom stereocenters. The maximum atomic E-state index is 13.4. The first-order chi connectivity index (χ1) is 8.34. The molecule has 2 nitrogen and oxygen atoms in total. The van der Waals surface area contributed by atoms with Crippen molar-refractivity contribution in [3.63, 3.8) is 0 Å². The first kappa shape index (κ1) is 10.2.